The van der Waals surface area contributed by atoms with E-state index >= 15 is 0 Å². The number of aliphatic hydroxyl groups excluding tert-OH is 1. The van der Waals surface area contributed by atoms with Gasteiger partial charge in [0.1, 0.15) is 0 Å². The molecule has 15 heavy (non-hydrogen) atoms. The first-order chi connectivity index (χ1) is 7.25. The summed E-state index contributed by atoms with van der Waals surface area (Å²) >= 11 is 0. The molecule has 1 aliphatic heterocycles. The second-order valence-corrected chi connectivity index (χ2v) is 4.39. The molecule has 2 atom stereocenters. The topological polar surface area (TPSA) is 29.5 Å². The molecule has 0 aliphatic carbocycles. The number of hydrogen-bond donors (Lipinski definition) is 1. The van der Waals surface area contributed by atoms with Gasteiger partial charge in [0.05, 0.1) is 6.10 Å². The maximum absolute atomic E-state index is 10.0. The van der Waals surface area contributed by atoms with E-state index in [1.54, 1.807) is 0 Å². The lowest BCUT2D eigenvalue weighted by Crippen LogP contribution is -2.07. The van der Waals surface area contributed by atoms with Crippen molar-refractivity contribution in [1.29, 1.82) is 0 Å². The molecular weight excluding hydrogens is 188 g/mol. The summed E-state index contributed by atoms with van der Waals surface area (Å²) in [6, 6.07) is 8.11. The number of rotatable bonds is 3. The van der Waals surface area contributed by atoms with E-state index in [0.717, 1.165) is 31.6 Å². The summed E-state index contributed by atoms with van der Waals surface area (Å²) in [5.74, 6) is 0.529. The zero-order valence-corrected chi connectivity index (χ0v) is 9.15. The highest BCUT2D eigenvalue weighted by molar-refractivity contribution is 5.23. The Morgan fingerprint density at radius 3 is 2.73 bits per heavy atom. The van der Waals surface area contributed by atoms with Crippen molar-refractivity contribution >= 4 is 0 Å². The van der Waals surface area contributed by atoms with Gasteiger partial charge < -0.3 is 9.84 Å². The van der Waals surface area contributed by atoms with Gasteiger partial charge in [0.25, 0.3) is 0 Å². The van der Waals surface area contributed by atoms with Gasteiger partial charge in [0, 0.05) is 13.2 Å². The van der Waals surface area contributed by atoms with Gasteiger partial charge >= 0.3 is 0 Å². The van der Waals surface area contributed by atoms with Crippen LogP contribution in [0.1, 0.15) is 30.1 Å². The highest BCUT2D eigenvalue weighted by atomic mass is 16.5. The lowest BCUT2D eigenvalue weighted by molar-refractivity contribution is 0.129. The van der Waals surface area contributed by atoms with E-state index in [9.17, 15) is 5.11 Å². The van der Waals surface area contributed by atoms with Crippen LogP contribution in [0, 0.1) is 12.8 Å². The number of ether oxygens (including phenoxy) is 1. The second-order valence-electron chi connectivity index (χ2n) is 4.39. The van der Waals surface area contributed by atoms with Gasteiger partial charge in [-0.05, 0) is 31.2 Å². The van der Waals surface area contributed by atoms with Crippen molar-refractivity contribution in [3.05, 3.63) is 35.4 Å². The maximum Gasteiger partial charge on any atom is 0.0793 e. The summed E-state index contributed by atoms with van der Waals surface area (Å²) in [5.41, 5.74) is 2.25. The number of hydrogen-bond acceptors (Lipinski definition) is 2. The fourth-order valence-corrected chi connectivity index (χ4v) is 2.01. The average molecular weight is 206 g/mol. The summed E-state index contributed by atoms with van der Waals surface area (Å²) in [6.45, 7) is 3.72. The highest BCUT2D eigenvalue weighted by Crippen LogP contribution is 2.26. The standard InChI is InChI=1S/C13H18O2/c1-10-2-4-12(5-3-10)13(14)8-11-6-7-15-9-11/h2-5,11,13-14H,6-9H2,1H3. The van der Waals surface area contributed by atoms with E-state index in [-0.39, 0.29) is 6.10 Å². The van der Waals surface area contributed by atoms with Crippen LogP contribution in [0.2, 0.25) is 0 Å². The SMILES string of the molecule is Cc1ccc(C(O)CC2CCOC2)cc1. The van der Waals surface area contributed by atoms with Crippen LogP contribution < -0.4 is 0 Å². The molecule has 0 radical (unpaired) electrons. The van der Waals surface area contributed by atoms with Crippen LogP contribution in [0.3, 0.4) is 0 Å². The predicted molar refractivity (Wildman–Crippen MR) is 59.7 cm³/mol. The Hall–Kier alpha value is -0.860. The van der Waals surface area contributed by atoms with Crippen LogP contribution >= 0.6 is 0 Å². The normalized spacial score (nSPS) is 22.9. The third-order valence-corrected chi connectivity index (χ3v) is 3.04. The number of aliphatic hydroxyl groups is 1. The van der Waals surface area contributed by atoms with Crippen molar-refractivity contribution in [2.24, 2.45) is 5.92 Å². The summed E-state index contributed by atoms with van der Waals surface area (Å²) < 4.78 is 5.30. The lowest BCUT2D eigenvalue weighted by atomic mass is 9.96. The maximum atomic E-state index is 10.0. The fourth-order valence-electron chi connectivity index (χ4n) is 2.01. The summed E-state index contributed by atoms with van der Waals surface area (Å²) in [7, 11) is 0. The van der Waals surface area contributed by atoms with Crippen molar-refractivity contribution < 1.29 is 9.84 Å². The Balaban J connectivity index is 1.94. The third-order valence-electron chi connectivity index (χ3n) is 3.04. The van der Waals surface area contributed by atoms with Crippen molar-refractivity contribution in [3.63, 3.8) is 0 Å². The Bertz CT molecular complexity index is 299. The molecule has 2 unspecified atom stereocenters. The van der Waals surface area contributed by atoms with E-state index in [0.29, 0.717) is 5.92 Å². The molecule has 0 spiro atoms. The second kappa shape index (κ2) is 4.77. The Morgan fingerprint density at radius 1 is 1.40 bits per heavy atom. The summed E-state index contributed by atoms with van der Waals surface area (Å²) in [6.07, 6.45) is 1.57. The Morgan fingerprint density at radius 2 is 2.13 bits per heavy atom. The molecule has 2 rings (SSSR count). The van der Waals surface area contributed by atoms with E-state index in [4.69, 9.17) is 4.74 Å². The molecule has 1 saturated heterocycles. The van der Waals surface area contributed by atoms with E-state index in [1.807, 2.05) is 24.3 Å². The summed E-state index contributed by atoms with van der Waals surface area (Å²) in [4.78, 5) is 0. The minimum Gasteiger partial charge on any atom is -0.388 e. The van der Waals surface area contributed by atoms with Gasteiger partial charge in [-0.2, -0.15) is 0 Å². The molecule has 1 N–H and O–H groups in total. The zero-order chi connectivity index (χ0) is 10.7. The smallest absolute Gasteiger partial charge is 0.0793 e. The van der Waals surface area contributed by atoms with Crippen molar-refractivity contribution in [1.82, 2.24) is 0 Å². The van der Waals surface area contributed by atoms with Gasteiger partial charge in [-0.1, -0.05) is 29.8 Å². The Kier molecular flexibility index (Phi) is 3.39. The van der Waals surface area contributed by atoms with Gasteiger partial charge in [-0.15, -0.1) is 0 Å². The van der Waals surface area contributed by atoms with Gasteiger partial charge in [0.2, 0.25) is 0 Å². The lowest BCUT2D eigenvalue weighted by Gasteiger charge is -2.14. The van der Waals surface area contributed by atoms with Crippen LogP contribution in [-0.2, 0) is 4.74 Å². The van der Waals surface area contributed by atoms with Gasteiger partial charge in [-0.3, -0.25) is 0 Å². The molecule has 1 aromatic rings. The monoisotopic (exact) mass is 206 g/mol. The van der Waals surface area contributed by atoms with E-state index in [1.165, 1.54) is 5.56 Å². The first-order valence-corrected chi connectivity index (χ1v) is 5.58. The quantitative estimate of drug-likeness (QED) is 0.823. The predicted octanol–water partition coefficient (Wildman–Crippen LogP) is 2.46. The molecule has 0 saturated carbocycles. The van der Waals surface area contributed by atoms with E-state index in [2.05, 4.69) is 6.92 Å². The Labute approximate surface area is 90.9 Å². The fraction of sp³-hybridized carbons (Fsp3) is 0.538. The van der Waals surface area contributed by atoms with Crippen LogP contribution in [0.5, 0.6) is 0 Å². The molecular formula is C13H18O2. The molecule has 1 aromatic carbocycles. The molecule has 1 heterocycles. The molecule has 1 fully saturated rings. The average Bonchev–Trinajstić information content (AvgIpc) is 2.71. The van der Waals surface area contributed by atoms with Gasteiger partial charge in [-0.25, -0.2) is 0 Å². The van der Waals surface area contributed by atoms with Gasteiger partial charge in [0.15, 0.2) is 0 Å². The molecule has 0 amide bonds. The van der Waals surface area contributed by atoms with Crippen LogP contribution in [0.4, 0.5) is 0 Å². The van der Waals surface area contributed by atoms with Crippen LogP contribution in [0.15, 0.2) is 24.3 Å². The first-order valence-electron chi connectivity index (χ1n) is 5.58. The third kappa shape index (κ3) is 2.80. The molecule has 2 heteroatoms. The van der Waals surface area contributed by atoms with Crippen LogP contribution in [-0.4, -0.2) is 18.3 Å². The highest BCUT2D eigenvalue weighted by Gasteiger charge is 2.20. The zero-order valence-electron chi connectivity index (χ0n) is 9.15. The summed E-state index contributed by atoms with van der Waals surface area (Å²) in [5, 5.41) is 10.0. The molecule has 2 nitrogen and oxygen atoms in total. The number of benzene rings is 1. The minimum atomic E-state index is -0.336. The number of aryl methyl sites for hydroxylation is 1. The molecule has 1 aliphatic rings. The van der Waals surface area contributed by atoms with Crippen LogP contribution in [0.25, 0.3) is 0 Å². The molecule has 82 valence electrons. The largest absolute Gasteiger partial charge is 0.388 e. The molecule has 0 aromatic heterocycles. The molecule has 0 bridgehead atoms. The first kappa shape index (κ1) is 10.7. The minimum absolute atomic E-state index is 0.336. The van der Waals surface area contributed by atoms with Crippen molar-refractivity contribution in [3.8, 4) is 0 Å². The van der Waals surface area contributed by atoms with E-state index < -0.39 is 0 Å². The van der Waals surface area contributed by atoms with Crippen molar-refractivity contribution in [2.75, 3.05) is 13.2 Å². The van der Waals surface area contributed by atoms with Crippen molar-refractivity contribution in [2.45, 2.75) is 25.9 Å².